The number of carbonyl (C=O) groups is 1. The lowest BCUT2D eigenvalue weighted by Crippen LogP contribution is -2.09. The Hall–Kier alpha value is -2.16. The Kier molecular flexibility index (Phi) is 3.65. The molecule has 0 atom stereocenters. The van der Waals surface area contributed by atoms with Gasteiger partial charge in [0, 0.05) is 11.3 Å². The molecule has 2 aromatic carbocycles. The SMILES string of the molecule is CC(C)c1cccc(C(=O)c2ccccc2F)c1N. The van der Waals surface area contributed by atoms with Gasteiger partial charge in [-0.1, -0.05) is 38.1 Å². The number of benzene rings is 2. The van der Waals surface area contributed by atoms with Crippen molar-refractivity contribution in [3.05, 3.63) is 65.0 Å². The maximum atomic E-state index is 13.7. The molecule has 0 aliphatic carbocycles. The average Bonchev–Trinajstić information content (AvgIpc) is 2.38. The largest absolute Gasteiger partial charge is 0.398 e. The van der Waals surface area contributed by atoms with E-state index in [2.05, 4.69) is 0 Å². The molecule has 2 nitrogen and oxygen atoms in total. The zero-order valence-electron chi connectivity index (χ0n) is 11.0. The van der Waals surface area contributed by atoms with Gasteiger partial charge in [0.2, 0.25) is 0 Å². The second-order valence-corrected chi connectivity index (χ2v) is 4.77. The number of rotatable bonds is 3. The van der Waals surface area contributed by atoms with Crippen LogP contribution in [0.25, 0.3) is 0 Å². The summed E-state index contributed by atoms with van der Waals surface area (Å²) >= 11 is 0. The maximum absolute atomic E-state index is 13.7. The van der Waals surface area contributed by atoms with Crippen LogP contribution in [0.5, 0.6) is 0 Å². The van der Waals surface area contributed by atoms with Gasteiger partial charge in [0.15, 0.2) is 5.78 Å². The van der Waals surface area contributed by atoms with Crippen molar-refractivity contribution < 1.29 is 9.18 Å². The smallest absolute Gasteiger partial charge is 0.198 e. The standard InChI is InChI=1S/C16H16FNO/c1-10(2)11-7-5-8-13(15(11)18)16(19)12-6-3-4-9-14(12)17/h3-10H,18H2,1-2H3. The highest BCUT2D eigenvalue weighted by Gasteiger charge is 2.18. The molecule has 0 spiro atoms. The van der Waals surface area contributed by atoms with E-state index in [0.717, 1.165) is 5.56 Å². The number of nitrogen functional groups attached to an aromatic ring is 1. The summed E-state index contributed by atoms with van der Waals surface area (Å²) in [5, 5.41) is 0. The number of hydrogen-bond acceptors (Lipinski definition) is 2. The van der Waals surface area contributed by atoms with Crippen LogP contribution >= 0.6 is 0 Å². The fourth-order valence-electron chi connectivity index (χ4n) is 2.07. The molecule has 2 aromatic rings. The van der Waals surface area contributed by atoms with E-state index in [9.17, 15) is 9.18 Å². The van der Waals surface area contributed by atoms with E-state index in [1.165, 1.54) is 12.1 Å². The first-order valence-corrected chi connectivity index (χ1v) is 6.20. The number of hydrogen-bond donors (Lipinski definition) is 1. The third-order valence-corrected chi connectivity index (χ3v) is 3.12. The molecule has 0 saturated heterocycles. The summed E-state index contributed by atoms with van der Waals surface area (Å²) in [4.78, 5) is 12.3. The van der Waals surface area contributed by atoms with Gasteiger partial charge in [0.25, 0.3) is 0 Å². The van der Waals surface area contributed by atoms with Crippen molar-refractivity contribution in [2.45, 2.75) is 19.8 Å². The van der Waals surface area contributed by atoms with E-state index in [1.807, 2.05) is 19.9 Å². The fourth-order valence-corrected chi connectivity index (χ4v) is 2.07. The molecule has 2 rings (SSSR count). The maximum Gasteiger partial charge on any atom is 0.198 e. The molecule has 0 unspecified atom stereocenters. The number of ketones is 1. The van der Waals surface area contributed by atoms with Gasteiger partial charge in [0.05, 0.1) is 5.56 Å². The van der Waals surface area contributed by atoms with E-state index >= 15 is 0 Å². The van der Waals surface area contributed by atoms with Crippen LogP contribution < -0.4 is 5.73 Å². The minimum atomic E-state index is -0.526. The van der Waals surface area contributed by atoms with Crippen LogP contribution in [0.4, 0.5) is 10.1 Å². The van der Waals surface area contributed by atoms with Gasteiger partial charge in [-0.05, 0) is 29.7 Å². The number of halogens is 1. The molecule has 19 heavy (non-hydrogen) atoms. The van der Waals surface area contributed by atoms with Crippen LogP contribution in [0.1, 0.15) is 41.3 Å². The third kappa shape index (κ3) is 2.50. The van der Waals surface area contributed by atoms with Crippen molar-refractivity contribution in [1.82, 2.24) is 0 Å². The highest BCUT2D eigenvalue weighted by Crippen LogP contribution is 2.27. The topological polar surface area (TPSA) is 43.1 Å². The van der Waals surface area contributed by atoms with Gasteiger partial charge in [-0.2, -0.15) is 0 Å². The molecule has 3 heteroatoms. The quantitative estimate of drug-likeness (QED) is 0.672. The average molecular weight is 257 g/mol. The number of carbonyl (C=O) groups excluding carboxylic acids is 1. The lowest BCUT2D eigenvalue weighted by molar-refractivity contribution is 0.103. The Morgan fingerprint density at radius 2 is 1.68 bits per heavy atom. The molecule has 0 amide bonds. The highest BCUT2D eigenvalue weighted by molar-refractivity contribution is 6.12. The Bertz CT molecular complexity index is 620. The number of nitrogens with two attached hydrogens (primary N) is 1. The first kappa shape index (κ1) is 13.3. The summed E-state index contributed by atoms with van der Waals surface area (Å²) in [5.41, 5.74) is 7.78. The molecular formula is C16H16FNO. The van der Waals surface area contributed by atoms with Gasteiger partial charge in [-0.15, -0.1) is 0 Å². The van der Waals surface area contributed by atoms with E-state index in [0.29, 0.717) is 11.3 Å². The predicted molar refractivity (Wildman–Crippen MR) is 74.8 cm³/mol. The van der Waals surface area contributed by atoms with Gasteiger partial charge >= 0.3 is 0 Å². The van der Waals surface area contributed by atoms with Crippen molar-refractivity contribution in [3.63, 3.8) is 0 Å². The van der Waals surface area contributed by atoms with E-state index in [4.69, 9.17) is 5.73 Å². The van der Waals surface area contributed by atoms with Crippen LogP contribution in [0.3, 0.4) is 0 Å². The van der Waals surface area contributed by atoms with Crippen molar-refractivity contribution in [1.29, 1.82) is 0 Å². The minimum absolute atomic E-state index is 0.0510. The normalized spacial score (nSPS) is 10.7. The van der Waals surface area contributed by atoms with Crippen LogP contribution in [0.15, 0.2) is 42.5 Å². The first-order valence-electron chi connectivity index (χ1n) is 6.20. The van der Waals surface area contributed by atoms with Gasteiger partial charge in [-0.25, -0.2) is 4.39 Å². The van der Waals surface area contributed by atoms with Crippen molar-refractivity contribution in [2.24, 2.45) is 0 Å². The molecule has 0 aliphatic rings. The Labute approximate surface area is 112 Å². The first-order chi connectivity index (χ1) is 9.02. The minimum Gasteiger partial charge on any atom is -0.398 e. The van der Waals surface area contributed by atoms with E-state index in [1.54, 1.807) is 24.3 Å². The lowest BCUT2D eigenvalue weighted by atomic mass is 9.94. The van der Waals surface area contributed by atoms with Crippen LogP contribution in [0, 0.1) is 5.82 Å². The molecule has 0 heterocycles. The predicted octanol–water partition coefficient (Wildman–Crippen LogP) is 3.76. The lowest BCUT2D eigenvalue weighted by Gasteiger charge is -2.13. The second-order valence-electron chi connectivity index (χ2n) is 4.77. The van der Waals surface area contributed by atoms with Crippen molar-refractivity contribution in [2.75, 3.05) is 5.73 Å². The number of anilines is 1. The molecule has 0 aromatic heterocycles. The van der Waals surface area contributed by atoms with Crippen molar-refractivity contribution >= 4 is 11.5 Å². The molecule has 0 aliphatic heterocycles. The van der Waals surface area contributed by atoms with Crippen LogP contribution in [-0.4, -0.2) is 5.78 Å². The molecule has 0 radical (unpaired) electrons. The summed E-state index contributed by atoms with van der Waals surface area (Å²) in [7, 11) is 0. The van der Waals surface area contributed by atoms with Gasteiger partial charge in [0.1, 0.15) is 5.82 Å². The monoisotopic (exact) mass is 257 g/mol. The zero-order chi connectivity index (χ0) is 14.0. The summed E-state index contributed by atoms with van der Waals surface area (Å²) in [6, 6.07) is 11.2. The van der Waals surface area contributed by atoms with Gasteiger partial charge in [-0.3, -0.25) is 4.79 Å². The Balaban J connectivity index is 2.51. The summed E-state index contributed by atoms with van der Waals surface area (Å²) in [6.45, 7) is 4.01. The third-order valence-electron chi connectivity index (χ3n) is 3.12. The van der Waals surface area contributed by atoms with Gasteiger partial charge < -0.3 is 5.73 Å². The van der Waals surface area contributed by atoms with E-state index in [-0.39, 0.29) is 17.3 Å². The number of para-hydroxylation sites is 1. The summed E-state index contributed by atoms with van der Waals surface area (Å²) in [6.07, 6.45) is 0. The molecule has 0 bridgehead atoms. The van der Waals surface area contributed by atoms with Crippen LogP contribution in [0.2, 0.25) is 0 Å². The summed E-state index contributed by atoms with van der Waals surface area (Å²) in [5.74, 6) is -0.687. The summed E-state index contributed by atoms with van der Waals surface area (Å²) < 4.78 is 13.7. The highest BCUT2D eigenvalue weighted by atomic mass is 19.1. The zero-order valence-corrected chi connectivity index (χ0v) is 11.0. The molecule has 0 fully saturated rings. The van der Waals surface area contributed by atoms with Crippen molar-refractivity contribution in [3.8, 4) is 0 Å². The van der Waals surface area contributed by atoms with Crippen LogP contribution in [-0.2, 0) is 0 Å². The Morgan fingerprint density at radius 1 is 1.05 bits per heavy atom. The second kappa shape index (κ2) is 5.22. The Morgan fingerprint density at radius 3 is 2.32 bits per heavy atom. The molecule has 0 saturated carbocycles. The fraction of sp³-hybridized carbons (Fsp3) is 0.188. The molecule has 2 N–H and O–H groups in total. The molecular weight excluding hydrogens is 241 g/mol. The van der Waals surface area contributed by atoms with E-state index < -0.39 is 5.82 Å². The molecule has 98 valence electrons.